The standard InChI is InChI=1S/C17H23N3O4/c1-19(2)16(21)13-4-3-7-20(10-13)17(22)18-9-12-5-6-14-15(8-12)24-11-23-14/h5-6,8,13H,3-4,7,9-11H2,1-2H3,(H,18,22)/t13-/m1/s1. The Morgan fingerprint density at radius 1 is 1.29 bits per heavy atom. The van der Waals surface area contributed by atoms with E-state index in [-0.39, 0.29) is 24.6 Å². The van der Waals surface area contributed by atoms with Gasteiger partial charge in [0.25, 0.3) is 0 Å². The number of ether oxygens (including phenoxy) is 2. The summed E-state index contributed by atoms with van der Waals surface area (Å²) in [5, 5.41) is 2.91. The van der Waals surface area contributed by atoms with Crippen molar-refractivity contribution in [2.75, 3.05) is 34.0 Å². The Hall–Kier alpha value is -2.44. The summed E-state index contributed by atoms with van der Waals surface area (Å²) >= 11 is 0. The molecule has 2 aliphatic rings. The lowest BCUT2D eigenvalue weighted by molar-refractivity contribution is -0.134. The fraction of sp³-hybridized carbons (Fsp3) is 0.529. The van der Waals surface area contributed by atoms with Gasteiger partial charge in [-0.2, -0.15) is 0 Å². The predicted molar refractivity (Wildman–Crippen MR) is 87.8 cm³/mol. The number of nitrogens with zero attached hydrogens (tertiary/aromatic N) is 2. The van der Waals surface area contributed by atoms with Crippen molar-refractivity contribution in [3.63, 3.8) is 0 Å². The molecule has 7 nitrogen and oxygen atoms in total. The number of urea groups is 1. The molecule has 1 aromatic carbocycles. The monoisotopic (exact) mass is 333 g/mol. The molecule has 3 rings (SSSR count). The maximum Gasteiger partial charge on any atom is 0.317 e. The number of carbonyl (C=O) groups excluding carboxylic acids is 2. The highest BCUT2D eigenvalue weighted by atomic mass is 16.7. The first kappa shape index (κ1) is 16.4. The average Bonchev–Trinajstić information content (AvgIpc) is 3.06. The third-order valence-electron chi connectivity index (χ3n) is 4.38. The van der Waals surface area contributed by atoms with Crippen LogP contribution in [-0.2, 0) is 11.3 Å². The second-order valence-electron chi connectivity index (χ2n) is 6.36. The van der Waals surface area contributed by atoms with Gasteiger partial charge in [-0.25, -0.2) is 4.79 Å². The lowest BCUT2D eigenvalue weighted by atomic mass is 9.97. The van der Waals surface area contributed by atoms with Gasteiger partial charge in [0.2, 0.25) is 12.7 Å². The first-order valence-electron chi connectivity index (χ1n) is 8.17. The highest BCUT2D eigenvalue weighted by Crippen LogP contribution is 2.32. The molecule has 0 unspecified atom stereocenters. The van der Waals surface area contributed by atoms with Crippen molar-refractivity contribution in [3.05, 3.63) is 23.8 Å². The number of carbonyl (C=O) groups is 2. The lowest BCUT2D eigenvalue weighted by Crippen LogP contribution is -2.48. The Morgan fingerprint density at radius 2 is 2.08 bits per heavy atom. The Balaban J connectivity index is 1.54. The van der Waals surface area contributed by atoms with Gasteiger partial charge in [-0.1, -0.05) is 6.07 Å². The molecule has 1 aromatic rings. The fourth-order valence-corrected chi connectivity index (χ4v) is 3.07. The lowest BCUT2D eigenvalue weighted by Gasteiger charge is -2.33. The van der Waals surface area contributed by atoms with E-state index in [9.17, 15) is 9.59 Å². The summed E-state index contributed by atoms with van der Waals surface area (Å²) < 4.78 is 10.6. The van der Waals surface area contributed by atoms with E-state index >= 15 is 0 Å². The van der Waals surface area contributed by atoms with Crippen LogP contribution in [0.5, 0.6) is 11.5 Å². The number of amides is 3. The summed E-state index contributed by atoms with van der Waals surface area (Å²) in [6.45, 7) is 1.81. The van der Waals surface area contributed by atoms with Crippen molar-refractivity contribution in [3.8, 4) is 11.5 Å². The van der Waals surface area contributed by atoms with Crippen LogP contribution in [0.2, 0.25) is 0 Å². The van der Waals surface area contributed by atoms with Crippen molar-refractivity contribution >= 4 is 11.9 Å². The van der Waals surface area contributed by atoms with Gasteiger partial charge in [0.15, 0.2) is 11.5 Å². The summed E-state index contributed by atoms with van der Waals surface area (Å²) in [5.41, 5.74) is 0.950. The molecular weight excluding hydrogens is 310 g/mol. The Bertz CT molecular complexity index is 632. The van der Waals surface area contributed by atoms with Crippen LogP contribution in [0.3, 0.4) is 0 Å². The zero-order valence-electron chi connectivity index (χ0n) is 14.1. The van der Waals surface area contributed by atoms with E-state index in [1.54, 1.807) is 23.9 Å². The fourth-order valence-electron chi connectivity index (χ4n) is 3.07. The summed E-state index contributed by atoms with van der Waals surface area (Å²) in [6, 6.07) is 5.49. The van der Waals surface area contributed by atoms with Gasteiger partial charge in [-0.05, 0) is 30.5 Å². The maximum atomic E-state index is 12.4. The normalized spacial score (nSPS) is 19.1. The number of benzene rings is 1. The van der Waals surface area contributed by atoms with E-state index in [0.29, 0.717) is 25.4 Å². The summed E-state index contributed by atoms with van der Waals surface area (Å²) in [7, 11) is 3.50. The molecule has 2 aliphatic heterocycles. The Morgan fingerprint density at radius 3 is 2.88 bits per heavy atom. The molecule has 1 N–H and O–H groups in total. The average molecular weight is 333 g/mol. The van der Waals surface area contributed by atoms with E-state index in [4.69, 9.17) is 9.47 Å². The summed E-state index contributed by atoms with van der Waals surface area (Å²) in [6.07, 6.45) is 1.69. The highest BCUT2D eigenvalue weighted by molar-refractivity contribution is 5.80. The van der Waals surface area contributed by atoms with Crippen LogP contribution in [0.25, 0.3) is 0 Å². The smallest absolute Gasteiger partial charge is 0.317 e. The number of piperidine rings is 1. The van der Waals surface area contributed by atoms with Crippen LogP contribution in [0.1, 0.15) is 18.4 Å². The Kier molecular flexibility index (Phi) is 4.78. The van der Waals surface area contributed by atoms with Crippen molar-refractivity contribution in [2.24, 2.45) is 5.92 Å². The minimum absolute atomic E-state index is 0.0864. The second kappa shape index (κ2) is 6.98. The van der Waals surface area contributed by atoms with Gasteiger partial charge in [0.05, 0.1) is 5.92 Å². The number of rotatable bonds is 3. The van der Waals surface area contributed by atoms with Crippen LogP contribution in [-0.4, -0.2) is 55.7 Å². The third-order valence-corrected chi connectivity index (χ3v) is 4.38. The van der Waals surface area contributed by atoms with Crippen molar-refractivity contribution in [1.29, 1.82) is 0 Å². The molecule has 24 heavy (non-hydrogen) atoms. The van der Waals surface area contributed by atoms with Crippen molar-refractivity contribution in [1.82, 2.24) is 15.1 Å². The van der Waals surface area contributed by atoms with Gasteiger partial charge < -0.3 is 24.6 Å². The molecule has 0 aliphatic carbocycles. The Labute approximate surface area is 141 Å². The second-order valence-corrected chi connectivity index (χ2v) is 6.36. The quantitative estimate of drug-likeness (QED) is 0.908. The molecule has 0 spiro atoms. The minimum Gasteiger partial charge on any atom is -0.454 e. The topological polar surface area (TPSA) is 71.1 Å². The zero-order chi connectivity index (χ0) is 17.1. The molecule has 0 aromatic heterocycles. The van der Waals surface area contributed by atoms with Crippen LogP contribution in [0.4, 0.5) is 4.79 Å². The van der Waals surface area contributed by atoms with E-state index in [1.165, 1.54) is 0 Å². The van der Waals surface area contributed by atoms with Crippen molar-refractivity contribution in [2.45, 2.75) is 19.4 Å². The number of nitrogens with one attached hydrogen (secondary N) is 1. The number of fused-ring (bicyclic) bond motifs is 1. The molecule has 1 fully saturated rings. The van der Waals surface area contributed by atoms with E-state index in [1.807, 2.05) is 18.2 Å². The number of hydrogen-bond acceptors (Lipinski definition) is 4. The highest BCUT2D eigenvalue weighted by Gasteiger charge is 2.29. The molecule has 1 atom stereocenters. The van der Waals surface area contributed by atoms with Crippen LogP contribution in [0.15, 0.2) is 18.2 Å². The van der Waals surface area contributed by atoms with Gasteiger partial charge in [0, 0.05) is 33.7 Å². The first-order chi connectivity index (χ1) is 11.5. The molecule has 0 radical (unpaired) electrons. The summed E-state index contributed by atoms with van der Waals surface area (Å²) in [4.78, 5) is 27.8. The van der Waals surface area contributed by atoms with E-state index < -0.39 is 0 Å². The van der Waals surface area contributed by atoms with Crippen molar-refractivity contribution < 1.29 is 19.1 Å². The predicted octanol–water partition coefficient (Wildman–Crippen LogP) is 1.43. The number of hydrogen-bond donors (Lipinski definition) is 1. The van der Waals surface area contributed by atoms with Gasteiger partial charge in [-0.3, -0.25) is 4.79 Å². The van der Waals surface area contributed by atoms with Gasteiger partial charge in [0.1, 0.15) is 0 Å². The molecule has 0 saturated carbocycles. The van der Waals surface area contributed by atoms with Gasteiger partial charge >= 0.3 is 6.03 Å². The van der Waals surface area contributed by atoms with Crippen LogP contribution >= 0.6 is 0 Å². The molecule has 2 heterocycles. The SMILES string of the molecule is CN(C)C(=O)[C@@H]1CCCN(C(=O)NCc2ccc3c(c2)OCO3)C1. The molecule has 130 valence electrons. The van der Waals surface area contributed by atoms with Crippen LogP contribution < -0.4 is 14.8 Å². The zero-order valence-corrected chi connectivity index (χ0v) is 14.1. The van der Waals surface area contributed by atoms with Crippen LogP contribution in [0, 0.1) is 5.92 Å². The van der Waals surface area contributed by atoms with E-state index in [2.05, 4.69) is 5.32 Å². The number of likely N-dealkylation sites (tertiary alicyclic amines) is 1. The third kappa shape index (κ3) is 3.55. The molecule has 7 heteroatoms. The molecular formula is C17H23N3O4. The minimum atomic E-state index is -0.135. The maximum absolute atomic E-state index is 12.4. The first-order valence-corrected chi connectivity index (χ1v) is 8.17. The molecule has 3 amide bonds. The molecule has 0 bridgehead atoms. The largest absolute Gasteiger partial charge is 0.454 e. The van der Waals surface area contributed by atoms with Gasteiger partial charge in [-0.15, -0.1) is 0 Å². The summed E-state index contributed by atoms with van der Waals surface area (Å²) in [5.74, 6) is 1.41. The van der Waals surface area contributed by atoms with E-state index in [0.717, 1.165) is 24.2 Å². The molecule has 1 saturated heterocycles.